The Morgan fingerprint density at radius 2 is 2.06 bits per heavy atom. The Morgan fingerprint density at radius 1 is 1.38 bits per heavy atom. The third-order valence-corrected chi connectivity index (χ3v) is 3.23. The van der Waals surface area contributed by atoms with Crippen molar-refractivity contribution >= 4 is 17.3 Å². The summed E-state index contributed by atoms with van der Waals surface area (Å²) in [5, 5.41) is 3.35. The molecule has 1 amide bonds. The number of carbonyl (C=O) groups is 1. The number of rotatable bonds is 1. The second kappa shape index (κ2) is 4.16. The first-order valence-electron chi connectivity index (χ1n) is 5.71. The zero-order chi connectivity index (χ0) is 11.7. The van der Waals surface area contributed by atoms with Gasteiger partial charge >= 0.3 is 0 Å². The van der Waals surface area contributed by atoms with Crippen molar-refractivity contribution in [3.8, 4) is 0 Å². The summed E-state index contributed by atoms with van der Waals surface area (Å²) < 4.78 is 0. The minimum absolute atomic E-state index is 0.0531. The molecule has 1 aliphatic heterocycles. The molecular weight excluding hydrogens is 200 g/mol. The summed E-state index contributed by atoms with van der Waals surface area (Å²) in [6.45, 7) is 4.90. The first kappa shape index (κ1) is 11.0. The van der Waals surface area contributed by atoms with Crippen LogP contribution >= 0.6 is 0 Å². The smallest absolute Gasteiger partial charge is 0.231 e. The molecule has 0 radical (unpaired) electrons. The van der Waals surface area contributed by atoms with Crippen LogP contribution in [0.4, 0.5) is 11.4 Å². The molecule has 0 unspecified atom stereocenters. The summed E-state index contributed by atoms with van der Waals surface area (Å²) in [5.74, 6) is 0.613. The molecule has 16 heavy (non-hydrogen) atoms. The monoisotopic (exact) mass is 218 g/mol. The third kappa shape index (κ3) is 1.77. The highest BCUT2D eigenvalue weighted by molar-refractivity contribution is 5.99. The number of nitrogens with one attached hydrogen (secondary N) is 1. The number of para-hydroxylation sites is 2. The predicted octanol–water partition coefficient (Wildman–Crippen LogP) is 2.35. The van der Waals surface area contributed by atoms with Gasteiger partial charge in [0.2, 0.25) is 5.91 Å². The first-order valence-corrected chi connectivity index (χ1v) is 5.71. The van der Waals surface area contributed by atoms with E-state index in [9.17, 15) is 4.79 Å². The number of benzene rings is 1. The van der Waals surface area contributed by atoms with E-state index in [-0.39, 0.29) is 11.8 Å². The summed E-state index contributed by atoms with van der Waals surface area (Å²) in [6.07, 6.45) is 0. The molecule has 0 spiro atoms. The molecule has 1 aromatic carbocycles. The summed E-state index contributed by atoms with van der Waals surface area (Å²) in [5.41, 5.74) is 2.01. The Hall–Kier alpha value is -1.51. The maximum atomic E-state index is 12.2. The van der Waals surface area contributed by atoms with Gasteiger partial charge < -0.3 is 10.2 Å². The van der Waals surface area contributed by atoms with Gasteiger partial charge in [0, 0.05) is 13.6 Å². The molecule has 0 bridgehead atoms. The van der Waals surface area contributed by atoms with Gasteiger partial charge in [-0.2, -0.15) is 0 Å². The highest BCUT2D eigenvalue weighted by Crippen LogP contribution is 2.30. The van der Waals surface area contributed by atoms with Crippen LogP contribution in [0.2, 0.25) is 0 Å². The highest BCUT2D eigenvalue weighted by Gasteiger charge is 2.29. The van der Waals surface area contributed by atoms with E-state index in [0.29, 0.717) is 5.92 Å². The number of hydrogen-bond acceptors (Lipinski definition) is 2. The Kier molecular flexibility index (Phi) is 2.86. The van der Waals surface area contributed by atoms with Crippen LogP contribution in [0.25, 0.3) is 0 Å². The van der Waals surface area contributed by atoms with Crippen LogP contribution in [0.5, 0.6) is 0 Å². The minimum atomic E-state index is 0.0531. The fourth-order valence-electron chi connectivity index (χ4n) is 2.11. The lowest BCUT2D eigenvalue weighted by atomic mass is 9.95. The quantitative estimate of drug-likeness (QED) is 0.784. The highest BCUT2D eigenvalue weighted by atomic mass is 16.2. The Labute approximate surface area is 96.5 Å². The molecule has 0 fully saturated rings. The molecule has 1 heterocycles. The number of nitrogens with zero attached hydrogens (tertiary/aromatic N) is 1. The van der Waals surface area contributed by atoms with Crippen LogP contribution in [0.1, 0.15) is 13.8 Å². The molecular formula is C13H18N2O. The van der Waals surface area contributed by atoms with Gasteiger partial charge in [0.25, 0.3) is 0 Å². The number of anilines is 2. The zero-order valence-corrected chi connectivity index (χ0v) is 10.0. The SMILES string of the molecule is CC(C)[C@H]1CNc2ccccc2N(C)C1=O. The van der Waals surface area contributed by atoms with E-state index in [2.05, 4.69) is 19.2 Å². The molecule has 1 atom stereocenters. The summed E-state index contributed by atoms with van der Waals surface area (Å²) in [6, 6.07) is 7.94. The van der Waals surface area contributed by atoms with Crippen LogP contribution in [-0.2, 0) is 4.79 Å². The molecule has 0 saturated carbocycles. The van der Waals surface area contributed by atoms with Gasteiger partial charge in [-0.1, -0.05) is 26.0 Å². The number of amides is 1. The predicted molar refractivity (Wildman–Crippen MR) is 66.7 cm³/mol. The Morgan fingerprint density at radius 3 is 2.75 bits per heavy atom. The van der Waals surface area contributed by atoms with Gasteiger partial charge in [0.15, 0.2) is 0 Å². The molecule has 0 saturated heterocycles. The third-order valence-electron chi connectivity index (χ3n) is 3.23. The molecule has 3 nitrogen and oxygen atoms in total. The molecule has 0 aliphatic carbocycles. The first-order chi connectivity index (χ1) is 7.61. The molecule has 2 rings (SSSR count). The minimum Gasteiger partial charge on any atom is -0.383 e. The van der Waals surface area contributed by atoms with Gasteiger partial charge in [0.05, 0.1) is 17.3 Å². The summed E-state index contributed by atoms with van der Waals surface area (Å²) in [4.78, 5) is 14.0. The van der Waals surface area contributed by atoms with E-state index in [1.807, 2.05) is 31.3 Å². The molecule has 0 aromatic heterocycles. The van der Waals surface area contributed by atoms with Crippen molar-refractivity contribution in [1.29, 1.82) is 0 Å². The molecule has 3 heteroatoms. The van der Waals surface area contributed by atoms with Crippen molar-refractivity contribution in [3.05, 3.63) is 24.3 Å². The average molecular weight is 218 g/mol. The fraction of sp³-hybridized carbons (Fsp3) is 0.462. The van der Waals surface area contributed by atoms with Crippen LogP contribution < -0.4 is 10.2 Å². The fourth-order valence-corrected chi connectivity index (χ4v) is 2.11. The van der Waals surface area contributed by atoms with Crippen molar-refractivity contribution in [1.82, 2.24) is 0 Å². The lowest BCUT2D eigenvalue weighted by Crippen LogP contribution is -2.36. The van der Waals surface area contributed by atoms with Crippen molar-refractivity contribution in [3.63, 3.8) is 0 Å². The van der Waals surface area contributed by atoms with Gasteiger partial charge in [-0.25, -0.2) is 0 Å². The topological polar surface area (TPSA) is 32.3 Å². The van der Waals surface area contributed by atoms with Crippen LogP contribution in [0.15, 0.2) is 24.3 Å². The lowest BCUT2D eigenvalue weighted by molar-refractivity contribution is -0.122. The van der Waals surface area contributed by atoms with E-state index >= 15 is 0 Å². The van der Waals surface area contributed by atoms with Crippen molar-refractivity contribution in [2.75, 3.05) is 23.8 Å². The summed E-state index contributed by atoms with van der Waals surface area (Å²) in [7, 11) is 1.85. The second-order valence-electron chi connectivity index (χ2n) is 4.65. The molecule has 1 aliphatic rings. The normalized spacial score (nSPS) is 20.4. The van der Waals surface area contributed by atoms with E-state index in [1.54, 1.807) is 4.90 Å². The molecule has 86 valence electrons. The van der Waals surface area contributed by atoms with E-state index < -0.39 is 0 Å². The maximum absolute atomic E-state index is 12.2. The van der Waals surface area contributed by atoms with Gasteiger partial charge in [-0.05, 0) is 18.1 Å². The van der Waals surface area contributed by atoms with Crippen molar-refractivity contribution < 1.29 is 4.79 Å². The Balaban J connectivity index is 2.37. The standard InChI is InChI=1S/C13H18N2O/c1-9(2)10-8-14-11-6-4-5-7-12(11)15(3)13(10)16/h4-7,9-10,14H,8H2,1-3H3/t10-/m1/s1. The second-order valence-corrected chi connectivity index (χ2v) is 4.65. The average Bonchev–Trinajstić information content (AvgIpc) is 2.39. The van der Waals surface area contributed by atoms with Gasteiger partial charge in [-0.15, -0.1) is 0 Å². The Bertz CT molecular complexity index is 401. The van der Waals surface area contributed by atoms with Crippen LogP contribution in [0, 0.1) is 11.8 Å². The number of hydrogen-bond donors (Lipinski definition) is 1. The van der Waals surface area contributed by atoms with Crippen molar-refractivity contribution in [2.45, 2.75) is 13.8 Å². The number of fused-ring (bicyclic) bond motifs is 1. The van der Waals surface area contributed by atoms with Crippen LogP contribution in [0.3, 0.4) is 0 Å². The molecule has 1 N–H and O–H groups in total. The summed E-state index contributed by atoms with van der Waals surface area (Å²) >= 11 is 0. The van der Waals surface area contributed by atoms with Gasteiger partial charge in [0.1, 0.15) is 0 Å². The van der Waals surface area contributed by atoms with E-state index in [4.69, 9.17) is 0 Å². The largest absolute Gasteiger partial charge is 0.383 e. The number of carbonyl (C=O) groups excluding carboxylic acids is 1. The van der Waals surface area contributed by atoms with Gasteiger partial charge in [-0.3, -0.25) is 4.79 Å². The van der Waals surface area contributed by atoms with E-state index in [0.717, 1.165) is 17.9 Å². The van der Waals surface area contributed by atoms with E-state index in [1.165, 1.54) is 0 Å². The maximum Gasteiger partial charge on any atom is 0.231 e. The van der Waals surface area contributed by atoms with Crippen LogP contribution in [-0.4, -0.2) is 19.5 Å². The molecule has 1 aromatic rings. The lowest BCUT2D eigenvalue weighted by Gasteiger charge is -2.22. The zero-order valence-electron chi connectivity index (χ0n) is 10.0. The van der Waals surface area contributed by atoms with Crippen molar-refractivity contribution in [2.24, 2.45) is 11.8 Å².